The first-order valence-corrected chi connectivity index (χ1v) is 6.52. The maximum Gasteiger partial charge on any atom is 0.252 e. The number of likely N-dealkylation sites (N-methyl/N-ethyl adjacent to an activating group) is 1. The van der Waals surface area contributed by atoms with Gasteiger partial charge in [-0.05, 0) is 26.2 Å². The van der Waals surface area contributed by atoms with Crippen LogP contribution in [0.15, 0.2) is 24.4 Å². The second-order valence-electron chi connectivity index (χ2n) is 4.67. The lowest BCUT2D eigenvalue weighted by atomic mass is 10.1. The highest BCUT2D eigenvalue weighted by Crippen LogP contribution is 2.29. The first kappa shape index (κ1) is 14.6. The number of aromatic nitrogens is 1. The minimum atomic E-state index is -0.549. The molecule has 1 aromatic heterocycles. The number of carbonyl (C=O) groups excluding carboxylic acids is 1. The normalized spacial score (nSPS) is 11.0. The number of rotatable bonds is 5. The quantitative estimate of drug-likeness (QED) is 0.914. The number of amides is 1. The molecule has 2 rings (SSSR count). The Morgan fingerprint density at radius 2 is 2.20 bits per heavy atom. The lowest BCUT2D eigenvalue weighted by molar-refractivity contribution is 0.0996. The molecule has 5 nitrogen and oxygen atoms in total. The van der Waals surface area contributed by atoms with Gasteiger partial charge in [-0.1, -0.05) is 11.6 Å². The maximum atomic E-state index is 11.5. The second kappa shape index (κ2) is 6.07. The molecule has 0 saturated heterocycles. The average molecular weight is 294 g/mol. The van der Waals surface area contributed by atoms with Crippen LogP contribution in [-0.2, 0) is 0 Å². The second-order valence-corrected chi connectivity index (χ2v) is 5.08. The summed E-state index contributed by atoms with van der Waals surface area (Å²) in [4.78, 5) is 17.7. The van der Waals surface area contributed by atoms with Crippen LogP contribution in [0, 0.1) is 0 Å². The Labute approximate surface area is 122 Å². The van der Waals surface area contributed by atoms with E-state index in [1.807, 2.05) is 19.0 Å². The zero-order chi connectivity index (χ0) is 14.7. The fraction of sp³-hybridized carbons (Fsp3) is 0.286. The SMILES string of the molecule is CN(C)CCOc1cc2nccc(Cl)c2cc1C(N)=O. The van der Waals surface area contributed by atoms with Crippen molar-refractivity contribution in [3.63, 3.8) is 0 Å². The highest BCUT2D eigenvalue weighted by atomic mass is 35.5. The van der Waals surface area contributed by atoms with Crippen molar-refractivity contribution in [3.05, 3.63) is 35.0 Å². The number of nitrogens with zero attached hydrogens (tertiary/aromatic N) is 2. The van der Waals surface area contributed by atoms with Crippen molar-refractivity contribution in [2.45, 2.75) is 0 Å². The molecule has 1 aromatic carbocycles. The summed E-state index contributed by atoms with van der Waals surface area (Å²) in [6, 6.07) is 4.98. The molecule has 0 bridgehead atoms. The summed E-state index contributed by atoms with van der Waals surface area (Å²) in [5.41, 5.74) is 6.37. The molecule has 0 fully saturated rings. The molecule has 0 unspecified atom stereocenters. The number of halogens is 1. The fourth-order valence-electron chi connectivity index (χ4n) is 1.79. The third kappa shape index (κ3) is 3.18. The van der Waals surface area contributed by atoms with Crippen LogP contribution in [0.1, 0.15) is 10.4 Å². The van der Waals surface area contributed by atoms with Crippen LogP contribution < -0.4 is 10.5 Å². The number of carbonyl (C=O) groups is 1. The van der Waals surface area contributed by atoms with Crippen molar-refractivity contribution in [3.8, 4) is 5.75 Å². The Balaban J connectivity index is 2.41. The summed E-state index contributed by atoms with van der Waals surface area (Å²) in [5.74, 6) is -0.117. The molecule has 0 atom stereocenters. The summed E-state index contributed by atoms with van der Waals surface area (Å²) in [5, 5.41) is 1.21. The van der Waals surface area contributed by atoms with Crippen LogP contribution in [0.2, 0.25) is 5.02 Å². The number of primary amides is 1. The lowest BCUT2D eigenvalue weighted by Crippen LogP contribution is -2.21. The Morgan fingerprint density at radius 3 is 2.85 bits per heavy atom. The number of benzene rings is 1. The van der Waals surface area contributed by atoms with E-state index < -0.39 is 5.91 Å². The molecular formula is C14H16ClN3O2. The van der Waals surface area contributed by atoms with E-state index in [0.29, 0.717) is 33.8 Å². The molecule has 0 spiro atoms. The van der Waals surface area contributed by atoms with Gasteiger partial charge in [0.1, 0.15) is 12.4 Å². The predicted molar refractivity (Wildman–Crippen MR) is 79.3 cm³/mol. The van der Waals surface area contributed by atoms with Gasteiger partial charge >= 0.3 is 0 Å². The van der Waals surface area contributed by atoms with Crippen LogP contribution in [0.5, 0.6) is 5.75 Å². The third-order valence-electron chi connectivity index (χ3n) is 2.85. The first-order chi connectivity index (χ1) is 9.49. The predicted octanol–water partition coefficient (Wildman–Crippen LogP) is 1.93. The molecule has 0 aliphatic carbocycles. The van der Waals surface area contributed by atoms with Crippen molar-refractivity contribution in [2.75, 3.05) is 27.2 Å². The Kier molecular flexibility index (Phi) is 4.42. The van der Waals surface area contributed by atoms with Gasteiger partial charge in [0, 0.05) is 24.2 Å². The number of hydrogen-bond donors (Lipinski definition) is 1. The molecule has 1 amide bonds. The summed E-state index contributed by atoms with van der Waals surface area (Å²) >= 11 is 6.09. The molecule has 1 heterocycles. The van der Waals surface area contributed by atoms with E-state index in [4.69, 9.17) is 22.1 Å². The van der Waals surface area contributed by atoms with E-state index in [9.17, 15) is 4.79 Å². The number of nitrogens with two attached hydrogens (primary N) is 1. The van der Waals surface area contributed by atoms with Crippen LogP contribution in [-0.4, -0.2) is 43.0 Å². The van der Waals surface area contributed by atoms with E-state index in [-0.39, 0.29) is 0 Å². The summed E-state index contributed by atoms with van der Waals surface area (Å²) < 4.78 is 5.63. The van der Waals surface area contributed by atoms with Gasteiger partial charge in [-0.15, -0.1) is 0 Å². The highest BCUT2D eigenvalue weighted by molar-refractivity contribution is 6.35. The van der Waals surface area contributed by atoms with Crippen molar-refractivity contribution >= 4 is 28.4 Å². The van der Waals surface area contributed by atoms with Crippen molar-refractivity contribution < 1.29 is 9.53 Å². The molecule has 0 saturated carbocycles. The van der Waals surface area contributed by atoms with Gasteiger partial charge in [-0.3, -0.25) is 9.78 Å². The molecule has 0 radical (unpaired) electrons. The standard InChI is InChI=1S/C14H16ClN3O2/c1-18(2)5-6-20-13-8-12-9(7-10(13)14(16)19)11(15)3-4-17-12/h3-4,7-8H,5-6H2,1-2H3,(H2,16,19). The van der Waals surface area contributed by atoms with Gasteiger partial charge < -0.3 is 15.4 Å². The smallest absolute Gasteiger partial charge is 0.252 e. The number of ether oxygens (including phenoxy) is 1. The molecule has 20 heavy (non-hydrogen) atoms. The van der Waals surface area contributed by atoms with Crippen LogP contribution in [0.4, 0.5) is 0 Å². The molecule has 0 aliphatic heterocycles. The summed E-state index contributed by atoms with van der Waals surface area (Å²) in [6.45, 7) is 1.19. The Morgan fingerprint density at radius 1 is 1.45 bits per heavy atom. The van der Waals surface area contributed by atoms with Crippen LogP contribution in [0.25, 0.3) is 10.9 Å². The largest absolute Gasteiger partial charge is 0.491 e. The highest BCUT2D eigenvalue weighted by Gasteiger charge is 2.13. The molecule has 2 aromatic rings. The van der Waals surface area contributed by atoms with Crippen molar-refractivity contribution in [1.82, 2.24) is 9.88 Å². The topological polar surface area (TPSA) is 68.4 Å². The van der Waals surface area contributed by atoms with E-state index in [1.165, 1.54) is 0 Å². The molecule has 106 valence electrons. The minimum Gasteiger partial charge on any atom is -0.491 e. The van der Waals surface area contributed by atoms with Gasteiger partial charge in [0.15, 0.2) is 0 Å². The van der Waals surface area contributed by atoms with Crippen LogP contribution in [0.3, 0.4) is 0 Å². The first-order valence-electron chi connectivity index (χ1n) is 6.14. The molecule has 6 heteroatoms. The fourth-order valence-corrected chi connectivity index (χ4v) is 2.00. The van der Waals surface area contributed by atoms with Gasteiger partial charge in [0.25, 0.3) is 5.91 Å². The number of pyridine rings is 1. The van der Waals surface area contributed by atoms with Crippen LogP contribution >= 0.6 is 11.6 Å². The summed E-state index contributed by atoms with van der Waals surface area (Å²) in [7, 11) is 3.89. The third-order valence-corrected chi connectivity index (χ3v) is 3.18. The van der Waals surface area contributed by atoms with Gasteiger partial charge in [0.05, 0.1) is 16.1 Å². The van der Waals surface area contributed by atoms with E-state index in [1.54, 1.807) is 24.4 Å². The van der Waals surface area contributed by atoms with Crippen molar-refractivity contribution in [1.29, 1.82) is 0 Å². The van der Waals surface area contributed by atoms with E-state index >= 15 is 0 Å². The van der Waals surface area contributed by atoms with Gasteiger partial charge in [0.2, 0.25) is 0 Å². The van der Waals surface area contributed by atoms with E-state index in [2.05, 4.69) is 4.98 Å². The van der Waals surface area contributed by atoms with Gasteiger partial charge in [-0.25, -0.2) is 0 Å². The van der Waals surface area contributed by atoms with Crippen molar-refractivity contribution in [2.24, 2.45) is 5.73 Å². The zero-order valence-corrected chi connectivity index (χ0v) is 12.1. The monoisotopic (exact) mass is 293 g/mol. The Hall–Kier alpha value is -1.85. The Bertz CT molecular complexity index is 644. The van der Waals surface area contributed by atoms with E-state index in [0.717, 1.165) is 6.54 Å². The number of fused-ring (bicyclic) bond motifs is 1. The number of hydrogen-bond acceptors (Lipinski definition) is 4. The zero-order valence-electron chi connectivity index (χ0n) is 11.4. The van der Waals surface area contributed by atoms with Gasteiger partial charge in [-0.2, -0.15) is 0 Å². The molecular weight excluding hydrogens is 278 g/mol. The maximum absolute atomic E-state index is 11.5. The molecule has 0 aliphatic rings. The lowest BCUT2D eigenvalue weighted by Gasteiger charge is -2.14. The average Bonchev–Trinajstić information content (AvgIpc) is 2.37. The summed E-state index contributed by atoms with van der Waals surface area (Å²) in [6.07, 6.45) is 1.61. The molecule has 2 N–H and O–H groups in total. The minimum absolute atomic E-state index is 0.311.